The van der Waals surface area contributed by atoms with Crippen LogP contribution in [0.25, 0.3) is 0 Å². The summed E-state index contributed by atoms with van der Waals surface area (Å²) < 4.78 is 20.8. The SMILES string of the molecule is CCC(COCCOCCOC)OCCO. The molecule has 98 valence electrons. The van der Waals surface area contributed by atoms with Crippen LogP contribution in [0.15, 0.2) is 0 Å². The Morgan fingerprint density at radius 2 is 1.69 bits per heavy atom. The Hall–Kier alpha value is -0.200. The lowest BCUT2D eigenvalue weighted by Crippen LogP contribution is -2.22. The van der Waals surface area contributed by atoms with Crippen LogP contribution in [0.4, 0.5) is 0 Å². The van der Waals surface area contributed by atoms with E-state index in [4.69, 9.17) is 24.1 Å². The van der Waals surface area contributed by atoms with Crippen LogP contribution in [0.5, 0.6) is 0 Å². The minimum absolute atomic E-state index is 0.0522. The van der Waals surface area contributed by atoms with Gasteiger partial charge in [0.15, 0.2) is 0 Å². The fraction of sp³-hybridized carbons (Fsp3) is 1.00. The van der Waals surface area contributed by atoms with Crippen LogP contribution in [-0.4, -0.2) is 64.6 Å². The summed E-state index contributed by atoms with van der Waals surface area (Å²) in [6, 6.07) is 0. The predicted octanol–water partition coefficient (Wildman–Crippen LogP) is 0.453. The average Bonchev–Trinajstić information content (AvgIpc) is 2.32. The minimum atomic E-state index is 0.0522. The van der Waals surface area contributed by atoms with Gasteiger partial charge in [0.05, 0.1) is 52.4 Å². The van der Waals surface area contributed by atoms with Crippen molar-refractivity contribution in [2.45, 2.75) is 19.4 Å². The molecule has 0 amide bonds. The van der Waals surface area contributed by atoms with Crippen molar-refractivity contribution in [1.29, 1.82) is 0 Å². The maximum absolute atomic E-state index is 8.61. The summed E-state index contributed by atoms with van der Waals surface area (Å²) in [4.78, 5) is 0. The van der Waals surface area contributed by atoms with Gasteiger partial charge < -0.3 is 24.1 Å². The second-order valence-corrected chi connectivity index (χ2v) is 3.30. The lowest BCUT2D eigenvalue weighted by Gasteiger charge is -2.15. The number of aliphatic hydroxyl groups is 1. The summed E-state index contributed by atoms with van der Waals surface area (Å²) in [6.07, 6.45) is 0.941. The van der Waals surface area contributed by atoms with Crippen LogP contribution in [0.2, 0.25) is 0 Å². The maximum atomic E-state index is 8.61. The van der Waals surface area contributed by atoms with Crippen molar-refractivity contribution in [2.75, 3.05) is 53.4 Å². The Bertz CT molecular complexity index is 132. The lowest BCUT2D eigenvalue weighted by atomic mass is 10.3. The fourth-order valence-corrected chi connectivity index (χ4v) is 1.08. The van der Waals surface area contributed by atoms with Crippen molar-refractivity contribution in [3.05, 3.63) is 0 Å². The highest BCUT2D eigenvalue weighted by molar-refractivity contribution is 4.53. The molecule has 0 aliphatic heterocycles. The Kier molecular flexibility index (Phi) is 12.7. The van der Waals surface area contributed by atoms with Gasteiger partial charge in [0.2, 0.25) is 0 Å². The smallest absolute Gasteiger partial charge is 0.0807 e. The Morgan fingerprint density at radius 1 is 1.00 bits per heavy atom. The molecule has 1 N–H and O–H groups in total. The van der Waals surface area contributed by atoms with Crippen LogP contribution >= 0.6 is 0 Å². The summed E-state index contributed by atoms with van der Waals surface area (Å²) in [5.41, 5.74) is 0. The second-order valence-electron chi connectivity index (χ2n) is 3.30. The fourth-order valence-electron chi connectivity index (χ4n) is 1.08. The van der Waals surface area contributed by atoms with E-state index in [2.05, 4.69) is 0 Å². The first-order valence-electron chi connectivity index (χ1n) is 5.72. The normalized spacial score (nSPS) is 12.9. The molecule has 1 unspecified atom stereocenters. The third-order valence-electron chi connectivity index (χ3n) is 2.01. The monoisotopic (exact) mass is 236 g/mol. The second kappa shape index (κ2) is 12.9. The summed E-state index contributed by atoms with van der Waals surface area (Å²) in [7, 11) is 1.64. The van der Waals surface area contributed by atoms with E-state index in [9.17, 15) is 0 Å². The topological polar surface area (TPSA) is 57.2 Å². The zero-order valence-corrected chi connectivity index (χ0v) is 10.3. The molecule has 0 aromatic rings. The molecule has 16 heavy (non-hydrogen) atoms. The molecule has 0 bridgehead atoms. The van der Waals surface area contributed by atoms with Crippen LogP contribution < -0.4 is 0 Å². The zero-order valence-electron chi connectivity index (χ0n) is 10.3. The molecule has 0 rings (SSSR count). The molecular formula is C11H24O5. The van der Waals surface area contributed by atoms with Crippen molar-refractivity contribution >= 4 is 0 Å². The first kappa shape index (κ1) is 15.8. The van der Waals surface area contributed by atoms with Gasteiger partial charge in [-0.3, -0.25) is 0 Å². The third-order valence-corrected chi connectivity index (χ3v) is 2.01. The number of ether oxygens (including phenoxy) is 4. The van der Waals surface area contributed by atoms with Gasteiger partial charge in [-0.05, 0) is 6.42 Å². The van der Waals surface area contributed by atoms with E-state index in [1.54, 1.807) is 7.11 Å². The van der Waals surface area contributed by atoms with Crippen LogP contribution in [-0.2, 0) is 18.9 Å². The van der Waals surface area contributed by atoms with E-state index in [1.165, 1.54) is 0 Å². The molecule has 0 aromatic carbocycles. The van der Waals surface area contributed by atoms with Crippen molar-refractivity contribution in [3.8, 4) is 0 Å². The van der Waals surface area contributed by atoms with Gasteiger partial charge in [0, 0.05) is 7.11 Å². The molecule has 0 aliphatic rings. The number of methoxy groups -OCH3 is 1. The molecule has 0 fully saturated rings. The summed E-state index contributed by atoms with van der Waals surface area (Å²) in [5, 5.41) is 8.61. The Balaban J connectivity index is 3.20. The molecule has 0 saturated heterocycles. The quantitative estimate of drug-likeness (QED) is 0.499. The average molecular weight is 236 g/mol. The maximum Gasteiger partial charge on any atom is 0.0807 e. The predicted molar refractivity (Wildman–Crippen MR) is 60.6 cm³/mol. The number of hydrogen-bond acceptors (Lipinski definition) is 5. The van der Waals surface area contributed by atoms with Gasteiger partial charge >= 0.3 is 0 Å². The standard InChI is InChI=1S/C11H24O5/c1-3-11(16-5-4-12)10-15-9-8-14-7-6-13-2/h11-12H,3-10H2,1-2H3. The van der Waals surface area contributed by atoms with Crippen molar-refractivity contribution in [3.63, 3.8) is 0 Å². The molecule has 5 nitrogen and oxygen atoms in total. The highest BCUT2D eigenvalue weighted by Gasteiger charge is 2.05. The minimum Gasteiger partial charge on any atom is -0.394 e. The van der Waals surface area contributed by atoms with Gasteiger partial charge in [-0.1, -0.05) is 6.92 Å². The molecular weight excluding hydrogens is 212 g/mol. The summed E-state index contributed by atoms with van der Waals surface area (Å²) >= 11 is 0. The van der Waals surface area contributed by atoms with Crippen LogP contribution in [0, 0.1) is 0 Å². The molecule has 0 aliphatic carbocycles. The highest BCUT2D eigenvalue weighted by atomic mass is 16.6. The van der Waals surface area contributed by atoms with Gasteiger partial charge in [-0.2, -0.15) is 0 Å². The van der Waals surface area contributed by atoms with Gasteiger partial charge in [0.1, 0.15) is 0 Å². The first-order chi connectivity index (χ1) is 7.85. The zero-order chi connectivity index (χ0) is 12.1. The van der Waals surface area contributed by atoms with E-state index in [1.807, 2.05) is 6.92 Å². The first-order valence-corrected chi connectivity index (χ1v) is 5.72. The number of hydrogen-bond donors (Lipinski definition) is 1. The molecule has 5 heteroatoms. The van der Waals surface area contributed by atoms with Crippen molar-refractivity contribution in [1.82, 2.24) is 0 Å². The van der Waals surface area contributed by atoms with E-state index in [0.29, 0.717) is 39.6 Å². The molecule has 0 heterocycles. The van der Waals surface area contributed by atoms with E-state index in [-0.39, 0.29) is 12.7 Å². The Labute approximate surface area is 97.6 Å². The molecule has 0 spiro atoms. The number of aliphatic hydroxyl groups excluding tert-OH is 1. The Morgan fingerprint density at radius 3 is 2.31 bits per heavy atom. The largest absolute Gasteiger partial charge is 0.394 e. The van der Waals surface area contributed by atoms with Crippen LogP contribution in [0.3, 0.4) is 0 Å². The summed E-state index contributed by atoms with van der Waals surface area (Å²) in [5.74, 6) is 0. The highest BCUT2D eigenvalue weighted by Crippen LogP contribution is 1.98. The van der Waals surface area contributed by atoms with Crippen molar-refractivity contribution < 1.29 is 24.1 Å². The molecule has 0 radical (unpaired) electrons. The van der Waals surface area contributed by atoms with E-state index in [0.717, 1.165) is 6.42 Å². The number of rotatable bonds is 12. The molecule has 0 saturated carbocycles. The van der Waals surface area contributed by atoms with Gasteiger partial charge in [0.25, 0.3) is 0 Å². The van der Waals surface area contributed by atoms with Gasteiger partial charge in [-0.15, -0.1) is 0 Å². The lowest BCUT2D eigenvalue weighted by molar-refractivity contribution is -0.0430. The third kappa shape index (κ3) is 10.3. The van der Waals surface area contributed by atoms with Crippen LogP contribution in [0.1, 0.15) is 13.3 Å². The molecule has 0 aromatic heterocycles. The molecule has 1 atom stereocenters. The van der Waals surface area contributed by atoms with Crippen molar-refractivity contribution in [2.24, 2.45) is 0 Å². The summed E-state index contributed by atoms with van der Waals surface area (Å²) in [6.45, 7) is 5.32. The van der Waals surface area contributed by atoms with E-state index >= 15 is 0 Å². The van der Waals surface area contributed by atoms with E-state index < -0.39 is 0 Å². The van der Waals surface area contributed by atoms with Gasteiger partial charge in [-0.25, -0.2) is 0 Å².